The lowest BCUT2D eigenvalue weighted by molar-refractivity contribution is -0.130. The molecule has 4 aliphatic rings. The average Bonchev–Trinajstić information content (AvgIpc) is 2.64. The van der Waals surface area contributed by atoms with Crippen molar-refractivity contribution in [2.75, 3.05) is 0 Å². The maximum Gasteiger partial charge on any atom is 0.220 e. The standard InChI is InChI=1S/C24H34N2O2/c1-17(7-8-18-5-3-2-4-6-18)25-22(27)9-10-23(28)26-24-14-19-11-20(15-24)13-21(12-19)16-24/h2-6,17,19-21H,7-16H2,1H3,(H,25,27)(H,26,28)/t17-,19?,20?,21?,24?/m0/s1. The lowest BCUT2D eigenvalue weighted by Crippen LogP contribution is -2.59. The molecule has 4 bridgehead atoms. The first kappa shape index (κ1) is 19.5. The van der Waals surface area contributed by atoms with E-state index in [0.29, 0.717) is 6.42 Å². The van der Waals surface area contributed by atoms with Crippen LogP contribution < -0.4 is 10.6 Å². The van der Waals surface area contributed by atoms with Crippen molar-refractivity contribution in [3.63, 3.8) is 0 Å². The topological polar surface area (TPSA) is 58.2 Å². The Morgan fingerprint density at radius 1 is 0.964 bits per heavy atom. The summed E-state index contributed by atoms with van der Waals surface area (Å²) in [5.41, 5.74) is 1.34. The molecule has 4 fully saturated rings. The van der Waals surface area contributed by atoms with Crippen molar-refractivity contribution >= 4 is 11.8 Å². The molecule has 2 N–H and O–H groups in total. The fourth-order valence-corrected chi connectivity index (χ4v) is 6.30. The minimum atomic E-state index is -0.0128. The summed E-state index contributed by atoms with van der Waals surface area (Å²) in [5, 5.41) is 6.41. The predicted octanol–water partition coefficient (Wildman–Crippen LogP) is 3.99. The van der Waals surface area contributed by atoms with Gasteiger partial charge in [-0.3, -0.25) is 9.59 Å². The van der Waals surface area contributed by atoms with Crippen molar-refractivity contribution in [2.45, 2.75) is 82.7 Å². The van der Waals surface area contributed by atoms with Crippen LogP contribution in [0, 0.1) is 17.8 Å². The highest BCUT2D eigenvalue weighted by molar-refractivity contribution is 5.84. The molecule has 4 nitrogen and oxygen atoms in total. The Labute approximate surface area is 168 Å². The van der Waals surface area contributed by atoms with Crippen LogP contribution in [0.5, 0.6) is 0 Å². The molecule has 5 rings (SSSR count). The maximum absolute atomic E-state index is 12.5. The van der Waals surface area contributed by atoms with E-state index in [-0.39, 0.29) is 29.8 Å². The molecule has 0 aromatic heterocycles. The first-order valence-electron chi connectivity index (χ1n) is 11.1. The Kier molecular flexibility index (Phi) is 5.75. The smallest absolute Gasteiger partial charge is 0.220 e. The van der Waals surface area contributed by atoms with E-state index < -0.39 is 0 Å². The number of aryl methyl sites for hydroxylation is 1. The maximum atomic E-state index is 12.5. The average molecular weight is 383 g/mol. The lowest BCUT2D eigenvalue weighted by Gasteiger charge is -2.56. The van der Waals surface area contributed by atoms with Gasteiger partial charge < -0.3 is 10.6 Å². The minimum absolute atomic E-state index is 0.0128. The molecule has 0 aliphatic heterocycles. The zero-order chi connectivity index (χ0) is 19.6. The summed E-state index contributed by atoms with van der Waals surface area (Å²) in [6.07, 6.45) is 10.1. The lowest BCUT2D eigenvalue weighted by atomic mass is 9.53. The molecule has 1 aromatic rings. The van der Waals surface area contributed by atoms with Gasteiger partial charge in [-0.25, -0.2) is 0 Å². The molecule has 4 heteroatoms. The number of nitrogens with one attached hydrogen (secondary N) is 2. The first-order valence-corrected chi connectivity index (χ1v) is 11.1. The van der Waals surface area contributed by atoms with Gasteiger partial charge >= 0.3 is 0 Å². The molecule has 152 valence electrons. The van der Waals surface area contributed by atoms with E-state index in [1.54, 1.807) is 0 Å². The number of rotatable bonds is 8. The third kappa shape index (κ3) is 4.76. The van der Waals surface area contributed by atoms with Gasteiger partial charge in [-0.15, -0.1) is 0 Å². The SMILES string of the molecule is C[C@@H](CCc1ccccc1)NC(=O)CCC(=O)NC12CC3CC(CC(C3)C1)C2. The third-order valence-corrected chi connectivity index (χ3v) is 7.14. The second-order valence-electron chi connectivity index (χ2n) is 9.74. The van der Waals surface area contributed by atoms with Gasteiger partial charge in [0.1, 0.15) is 0 Å². The van der Waals surface area contributed by atoms with Crippen LogP contribution in [0.25, 0.3) is 0 Å². The van der Waals surface area contributed by atoms with Gasteiger partial charge in [0.05, 0.1) is 0 Å². The Balaban J connectivity index is 1.17. The summed E-state index contributed by atoms with van der Waals surface area (Å²) in [5.74, 6) is 2.51. The van der Waals surface area contributed by atoms with E-state index >= 15 is 0 Å². The van der Waals surface area contributed by atoms with E-state index in [9.17, 15) is 9.59 Å². The van der Waals surface area contributed by atoms with Crippen LogP contribution in [0.15, 0.2) is 30.3 Å². The Bertz CT molecular complexity index is 665. The fraction of sp³-hybridized carbons (Fsp3) is 0.667. The second-order valence-corrected chi connectivity index (χ2v) is 9.74. The Morgan fingerprint density at radius 3 is 2.14 bits per heavy atom. The third-order valence-electron chi connectivity index (χ3n) is 7.14. The van der Waals surface area contributed by atoms with Crippen LogP contribution in [-0.2, 0) is 16.0 Å². The van der Waals surface area contributed by atoms with Gasteiger partial charge in [0.25, 0.3) is 0 Å². The van der Waals surface area contributed by atoms with Crippen LogP contribution in [0.3, 0.4) is 0 Å². The van der Waals surface area contributed by atoms with Crippen LogP contribution in [0.4, 0.5) is 0 Å². The number of hydrogen-bond acceptors (Lipinski definition) is 2. The molecule has 0 heterocycles. The van der Waals surface area contributed by atoms with Crippen molar-refractivity contribution in [3.8, 4) is 0 Å². The van der Waals surface area contributed by atoms with Crippen molar-refractivity contribution in [2.24, 2.45) is 17.8 Å². The van der Waals surface area contributed by atoms with Crippen LogP contribution >= 0.6 is 0 Å². The number of carbonyl (C=O) groups is 2. The molecule has 0 unspecified atom stereocenters. The molecule has 4 saturated carbocycles. The zero-order valence-electron chi connectivity index (χ0n) is 17.1. The molecule has 28 heavy (non-hydrogen) atoms. The molecular weight excluding hydrogens is 348 g/mol. The summed E-state index contributed by atoms with van der Waals surface area (Å²) < 4.78 is 0. The monoisotopic (exact) mass is 382 g/mol. The molecule has 1 atom stereocenters. The molecule has 2 amide bonds. The number of amides is 2. The van der Waals surface area contributed by atoms with Gasteiger partial charge in [0.2, 0.25) is 11.8 Å². The highest BCUT2D eigenvalue weighted by atomic mass is 16.2. The molecule has 0 radical (unpaired) electrons. The molecule has 4 aliphatic carbocycles. The number of hydrogen-bond donors (Lipinski definition) is 2. The number of benzene rings is 1. The second kappa shape index (κ2) is 8.26. The van der Waals surface area contributed by atoms with Gasteiger partial charge in [-0.2, -0.15) is 0 Å². The zero-order valence-corrected chi connectivity index (χ0v) is 17.1. The highest BCUT2D eigenvalue weighted by Gasteiger charge is 2.51. The summed E-state index contributed by atoms with van der Waals surface area (Å²) >= 11 is 0. The number of carbonyl (C=O) groups excluding carboxylic acids is 2. The van der Waals surface area contributed by atoms with Gasteiger partial charge in [-0.1, -0.05) is 30.3 Å². The van der Waals surface area contributed by atoms with Crippen molar-refractivity contribution < 1.29 is 9.59 Å². The fourth-order valence-electron chi connectivity index (χ4n) is 6.30. The minimum Gasteiger partial charge on any atom is -0.354 e. The summed E-state index contributed by atoms with van der Waals surface area (Å²) in [6.45, 7) is 2.04. The molecular formula is C24H34N2O2. The van der Waals surface area contributed by atoms with E-state index in [0.717, 1.165) is 49.9 Å². The molecule has 0 saturated heterocycles. The normalized spacial score (nSPS) is 31.4. The molecule has 0 spiro atoms. The van der Waals surface area contributed by atoms with E-state index in [1.807, 2.05) is 25.1 Å². The van der Waals surface area contributed by atoms with Crippen LogP contribution in [-0.4, -0.2) is 23.4 Å². The predicted molar refractivity (Wildman–Crippen MR) is 111 cm³/mol. The van der Waals surface area contributed by atoms with E-state index in [1.165, 1.54) is 24.8 Å². The Hall–Kier alpha value is -1.84. The summed E-state index contributed by atoms with van der Waals surface area (Å²) in [6, 6.07) is 10.5. The van der Waals surface area contributed by atoms with E-state index in [4.69, 9.17) is 0 Å². The van der Waals surface area contributed by atoms with Crippen molar-refractivity contribution in [1.82, 2.24) is 10.6 Å². The summed E-state index contributed by atoms with van der Waals surface area (Å²) in [4.78, 5) is 24.8. The van der Waals surface area contributed by atoms with Gasteiger partial charge in [0.15, 0.2) is 0 Å². The van der Waals surface area contributed by atoms with Crippen LogP contribution in [0.2, 0.25) is 0 Å². The quantitative estimate of drug-likeness (QED) is 0.714. The highest BCUT2D eigenvalue weighted by Crippen LogP contribution is 2.55. The van der Waals surface area contributed by atoms with Gasteiger partial charge in [0, 0.05) is 24.4 Å². The largest absolute Gasteiger partial charge is 0.354 e. The van der Waals surface area contributed by atoms with Crippen LogP contribution in [0.1, 0.15) is 70.3 Å². The summed E-state index contributed by atoms with van der Waals surface area (Å²) in [7, 11) is 0. The van der Waals surface area contributed by atoms with E-state index in [2.05, 4.69) is 22.8 Å². The molecule has 1 aromatic carbocycles. The van der Waals surface area contributed by atoms with Crippen molar-refractivity contribution in [3.05, 3.63) is 35.9 Å². The van der Waals surface area contributed by atoms with Gasteiger partial charge in [-0.05, 0) is 81.6 Å². The first-order chi connectivity index (χ1) is 13.5. The van der Waals surface area contributed by atoms with Crippen molar-refractivity contribution in [1.29, 1.82) is 0 Å². The Morgan fingerprint density at radius 2 is 1.54 bits per heavy atom.